The van der Waals surface area contributed by atoms with E-state index < -0.39 is 5.97 Å². The highest BCUT2D eigenvalue weighted by Gasteiger charge is 2.07. The molecule has 5 heteroatoms. The predicted molar refractivity (Wildman–Crippen MR) is 56.7 cm³/mol. The number of aryl methyl sites for hydroxylation is 1. The fourth-order valence-electron chi connectivity index (χ4n) is 1.56. The van der Waals surface area contributed by atoms with Gasteiger partial charge in [-0.05, 0) is 18.6 Å². The zero-order chi connectivity index (χ0) is 11.7. The molecular formula is C11H10N2O3. The van der Waals surface area contributed by atoms with Gasteiger partial charge in [0.15, 0.2) is 6.29 Å². The highest BCUT2D eigenvalue weighted by molar-refractivity contribution is 5.77. The van der Waals surface area contributed by atoms with E-state index in [2.05, 4.69) is 4.98 Å². The Morgan fingerprint density at radius 1 is 1.56 bits per heavy atom. The first-order valence-electron chi connectivity index (χ1n) is 4.75. The van der Waals surface area contributed by atoms with E-state index in [1.54, 1.807) is 22.9 Å². The second kappa shape index (κ2) is 3.77. The molecule has 0 fully saturated rings. The average Bonchev–Trinajstić information content (AvgIpc) is 2.56. The number of carboxylic acids is 1. The topological polar surface area (TPSA) is 71.7 Å². The number of nitrogens with zero attached hydrogens (tertiary/aromatic N) is 2. The number of aldehydes is 1. The number of carboxylic acid groups (broad SMARTS) is 1. The number of carbonyl (C=O) groups is 2. The van der Waals surface area contributed by atoms with Crippen molar-refractivity contribution in [3.63, 3.8) is 0 Å². The van der Waals surface area contributed by atoms with Crippen LogP contribution in [0.15, 0.2) is 18.5 Å². The van der Waals surface area contributed by atoms with E-state index in [-0.39, 0.29) is 6.42 Å². The fourth-order valence-corrected chi connectivity index (χ4v) is 1.56. The van der Waals surface area contributed by atoms with Crippen LogP contribution in [0.5, 0.6) is 0 Å². The Morgan fingerprint density at radius 3 is 2.94 bits per heavy atom. The van der Waals surface area contributed by atoms with E-state index in [9.17, 15) is 9.59 Å². The standard InChI is InChI=1S/C11H10N2O3/c1-7-2-10-12-9(3-11(15)16)5-13(10)4-8(7)6-14/h2,4-6H,3H2,1H3,(H,15,16). The third-order valence-corrected chi connectivity index (χ3v) is 2.35. The summed E-state index contributed by atoms with van der Waals surface area (Å²) in [7, 11) is 0. The summed E-state index contributed by atoms with van der Waals surface area (Å²) < 4.78 is 1.66. The molecule has 2 heterocycles. The van der Waals surface area contributed by atoms with Crippen molar-refractivity contribution in [3.8, 4) is 0 Å². The Kier molecular flexibility index (Phi) is 2.44. The van der Waals surface area contributed by atoms with Crippen LogP contribution in [0.1, 0.15) is 21.6 Å². The summed E-state index contributed by atoms with van der Waals surface area (Å²) in [6.07, 6.45) is 3.93. The van der Waals surface area contributed by atoms with Crippen LogP contribution < -0.4 is 0 Å². The van der Waals surface area contributed by atoms with Crippen LogP contribution in [0.4, 0.5) is 0 Å². The molecule has 0 aliphatic rings. The van der Waals surface area contributed by atoms with Gasteiger partial charge in [-0.25, -0.2) is 4.98 Å². The van der Waals surface area contributed by atoms with Gasteiger partial charge in [0.25, 0.3) is 0 Å². The molecule has 0 aromatic carbocycles. The third-order valence-electron chi connectivity index (χ3n) is 2.35. The zero-order valence-electron chi connectivity index (χ0n) is 8.67. The van der Waals surface area contributed by atoms with Gasteiger partial charge in [0.1, 0.15) is 5.65 Å². The molecule has 2 rings (SSSR count). The first kappa shape index (κ1) is 10.4. The lowest BCUT2D eigenvalue weighted by atomic mass is 10.2. The molecule has 0 saturated heterocycles. The van der Waals surface area contributed by atoms with Gasteiger partial charge in [-0.1, -0.05) is 0 Å². The summed E-state index contributed by atoms with van der Waals surface area (Å²) >= 11 is 0. The molecule has 0 unspecified atom stereocenters. The highest BCUT2D eigenvalue weighted by Crippen LogP contribution is 2.11. The number of imidazole rings is 1. The summed E-state index contributed by atoms with van der Waals surface area (Å²) in [5.74, 6) is -0.921. The Morgan fingerprint density at radius 2 is 2.31 bits per heavy atom. The van der Waals surface area contributed by atoms with Gasteiger partial charge < -0.3 is 9.51 Å². The maximum absolute atomic E-state index is 10.7. The van der Waals surface area contributed by atoms with Crippen molar-refractivity contribution < 1.29 is 14.7 Å². The van der Waals surface area contributed by atoms with Gasteiger partial charge in [-0.2, -0.15) is 0 Å². The molecule has 0 spiro atoms. The first-order chi connectivity index (χ1) is 7.60. The van der Waals surface area contributed by atoms with Crippen molar-refractivity contribution in [1.82, 2.24) is 9.38 Å². The summed E-state index contributed by atoms with van der Waals surface area (Å²) in [5.41, 5.74) is 2.54. The Bertz CT molecular complexity index is 572. The Hall–Kier alpha value is -2.17. The molecule has 2 aromatic rings. The molecule has 0 saturated carbocycles. The van der Waals surface area contributed by atoms with Gasteiger partial charge >= 0.3 is 5.97 Å². The van der Waals surface area contributed by atoms with Gasteiger partial charge in [-0.15, -0.1) is 0 Å². The fraction of sp³-hybridized carbons (Fsp3) is 0.182. The lowest BCUT2D eigenvalue weighted by Gasteiger charge is -1.98. The lowest BCUT2D eigenvalue weighted by molar-refractivity contribution is -0.136. The lowest BCUT2D eigenvalue weighted by Crippen LogP contribution is -1.99. The van der Waals surface area contributed by atoms with E-state index in [1.165, 1.54) is 0 Å². The molecular weight excluding hydrogens is 208 g/mol. The van der Waals surface area contributed by atoms with Crippen LogP contribution in [0, 0.1) is 6.92 Å². The maximum atomic E-state index is 10.7. The van der Waals surface area contributed by atoms with Gasteiger partial charge in [0, 0.05) is 18.0 Å². The molecule has 0 radical (unpaired) electrons. The largest absolute Gasteiger partial charge is 0.481 e. The van der Waals surface area contributed by atoms with Crippen molar-refractivity contribution in [2.24, 2.45) is 0 Å². The summed E-state index contributed by atoms with van der Waals surface area (Å²) in [6.45, 7) is 1.81. The predicted octanol–water partition coefficient (Wildman–Crippen LogP) is 1.08. The Balaban J connectivity index is 2.53. The Labute approximate surface area is 91.3 Å². The van der Waals surface area contributed by atoms with Crippen molar-refractivity contribution in [2.45, 2.75) is 13.3 Å². The molecule has 82 valence electrons. The van der Waals surface area contributed by atoms with Crippen molar-refractivity contribution in [3.05, 3.63) is 35.3 Å². The molecule has 5 nitrogen and oxygen atoms in total. The molecule has 0 bridgehead atoms. The molecule has 0 aliphatic carbocycles. The first-order valence-corrected chi connectivity index (χ1v) is 4.75. The van der Waals surface area contributed by atoms with Crippen molar-refractivity contribution in [1.29, 1.82) is 0 Å². The van der Waals surface area contributed by atoms with E-state index >= 15 is 0 Å². The molecule has 0 aliphatic heterocycles. The van der Waals surface area contributed by atoms with Crippen LogP contribution in [0.25, 0.3) is 5.65 Å². The summed E-state index contributed by atoms with van der Waals surface area (Å²) in [4.78, 5) is 25.4. The number of aromatic nitrogens is 2. The van der Waals surface area contributed by atoms with Crippen LogP contribution in [-0.2, 0) is 11.2 Å². The monoisotopic (exact) mass is 218 g/mol. The van der Waals surface area contributed by atoms with Crippen molar-refractivity contribution in [2.75, 3.05) is 0 Å². The number of carbonyl (C=O) groups excluding carboxylic acids is 1. The number of rotatable bonds is 3. The molecule has 16 heavy (non-hydrogen) atoms. The zero-order valence-corrected chi connectivity index (χ0v) is 8.67. The molecule has 0 amide bonds. The average molecular weight is 218 g/mol. The van der Waals surface area contributed by atoms with E-state index in [4.69, 9.17) is 5.11 Å². The van der Waals surface area contributed by atoms with Crippen molar-refractivity contribution >= 4 is 17.9 Å². The minimum atomic E-state index is -0.921. The maximum Gasteiger partial charge on any atom is 0.309 e. The third kappa shape index (κ3) is 1.79. The normalized spacial score (nSPS) is 10.6. The van der Waals surface area contributed by atoms with Gasteiger partial charge in [0.05, 0.1) is 12.1 Å². The van der Waals surface area contributed by atoms with Gasteiger partial charge in [0.2, 0.25) is 0 Å². The number of fused-ring (bicyclic) bond motifs is 1. The molecule has 1 N–H and O–H groups in total. The summed E-state index contributed by atoms with van der Waals surface area (Å²) in [6, 6.07) is 1.76. The quantitative estimate of drug-likeness (QED) is 0.782. The molecule has 0 atom stereocenters. The van der Waals surface area contributed by atoms with E-state index in [0.717, 1.165) is 11.8 Å². The van der Waals surface area contributed by atoms with Crippen LogP contribution in [-0.4, -0.2) is 26.7 Å². The highest BCUT2D eigenvalue weighted by atomic mass is 16.4. The number of hydrogen-bond acceptors (Lipinski definition) is 3. The second-order valence-corrected chi connectivity index (χ2v) is 3.60. The number of aliphatic carboxylic acids is 1. The SMILES string of the molecule is Cc1cc2nc(CC(=O)O)cn2cc1C=O. The minimum Gasteiger partial charge on any atom is -0.481 e. The van der Waals surface area contributed by atoms with Crippen LogP contribution >= 0.6 is 0 Å². The summed E-state index contributed by atoms with van der Waals surface area (Å²) in [5, 5.41) is 8.64. The minimum absolute atomic E-state index is 0.114. The van der Waals surface area contributed by atoms with E-state index in [0.29, 0.717) is 16.9 Å². The molecule has 2 aromatic heterocycles. The second-order valence-electron chi connectivity index (χ2n) is 3.60. The number of hydrogen-bond donors (Lipinski definition) is 1. The van der Waals surface area contributed by atoms with Crippen LogP contribution in [0.2, 0.25) is 0 Å². The van der Waals surface area contributed by atoms with Gasteiger partial charge in [-0.3, -0.25) is 9.59 Å². The smallest absolute Gasteiger partial charge is 0.309 e. The van der Waals surface area contributed by atoms with Crippen LogP contribution in [0.3, 0.4) is 0 Å². The number of pyridine rings is 1. The van der Waals surface area contributed by atoms with E-state index in [1.807, 2.05) is 6.92 Å².